The standard InChI is InChI=1S/C41H30N2/c1-3-27(28-12-6-5-7-13-28)24-32(4-2)43-40-23-20-31(26-37(40)35-21-18-29-14-8-9-15-33(29)41(35)43)30-19-22-39-36(25-30)34-16-10-11-17-38(34)42-39/h3-26,42H,1H2,2H3/b27-24+,32-4+. The van der Waals surface area contributed by atoms with Crippen molar-refractivity contribution < 1.29 is 0 Å². The molecule has 8 rings (SSSR count). The van der Waals surface area contributed by atoms with Gasteiger partial charge < -0.3 is 9.55 Å². The Kier molecular flexibility index (Phi) is 5.87. The SMILES string of the molecule is C=C/C(=C\C(=C/C)n1c2ccc(-c3ccc4[nH]c5ccccc5c4c3)cc2c2ccc3ccccc3c21)c1ccccc1. The Bertz CT molecular complexity index is 2410. The Morgan fingerprint density at radius 1 is 0.628 bits per heavy atom. The number of nitrogens with zero attached hydrogens (tertiary/aromatic N) is 1. The molecule has 0 bridgehead atoms. The van der Waals surface area contributed by atoms with Crippen LogP contribution in [0.3, 0.4) is 0 Å². The number of allylic oxidation sites excluding steroid dienone is 5. The van der Waals surface area contributed by atoms with Crippen molar-refractivity contribution in [3.05, 3.63) is 158 Å². The van der Waals surface area contributed by atoms with Crippen LogP contribution in [0.15, 0.2) is 152 Å². The molecule has 0 radical (unpaired) electrons. The van der Waals surface area contributed by atoms with Crippen LogP contribution in [0.5, 0.6) is 0 Å². The highest BCUT2D eigenvalue weighted by atomic mass is 15.0. The lowest BCUT2D eigenvalue weighted by atomic mass is 10.00. The van der Waals surface area contributed by atoms with Crippen molar-refractivity contribution in [1.82, 2.24) is 9.55 Å². The normalized spacial score (nSPS) is 12.7. The van der Waals surface area contributed by atoms with Gasteiger partial charge in [-0.1, -0.05) is 116 Å². The maximum Gasteiger partial charge on any atom is 0.0619 e. The summed E-state index contributed by atoms with van der Waals surface area (Å²) in [5.74, 6) is 0. The lowest BCUT2D eigenvalue weighted by Gasteiger charge is -2.13. The van der Waals surface area contributed by atoms with E-state index in [1.54, 1.807) is 0 Å². The summed E-state index contributed by atoms with van der Waals surface area (Å²) in [5, 5.41) is 7.47. The molecular formula is C41H30N2. The molecular weight excluding hydrogens is 520 g/mol. The molecule has 0 saturated heterocycles. The molecule has 2 heteroatoms. The van der Waals surface area contributed by atoms with Crippen LogP contribution in [-0.2, 0) is 0 Å². The van der Waals surface area contributed by atoms with Crippen LogP contribution in [0.4, 0.5) is 0 Å². The molecule has 0 unspecified atom stereocenters. The first kappa shape index (κ1) is 25.1. The van der Waals surface area contributed by atoms with Gasteiger partial charge in [0.15, 0.2) is 0 Å². The first-order valence-electron chi connectivity index (χ1n) is 14.8. The quantitative estimate of drug-likeness (QED) is 0.206. The Balaban J connectivity index is 1.39. The van der Waals surface area contributed by atoms with E-state index in [0.29, 0.717) is 0 Å². The smallest absolute Gasteiger partial charge is 0.0619 e. The number of fused-ring (bicyclic) bond motifs is 8. The maximum absolute atomic E-state index is 4.16. The van der Waals surface area contributed by atoms with Crippen molar-refractivity contribution in [2.75, 3.05) is 0 Å². The summed E-state index contributed by atoms with van der Waals surface area (Å²) in [4.78, 5) is 3.56. The van der Waals surface area contributed by atoms with Gasteiger partial charge in [0, 0.05) is 43.7 Å². The number of aromatic amines is 1. The highest BCUT2D eigenvalue weighted by Crippen LogP contribution is 2.40. The average Bonchev–Trinajstić information content (AvgIpc) is 3.61. The molecule has 0 atom stereocenters. The molecule has 2 nitrogen and oxygen atoms in total. The van der Waals surface area contributed by atoms with Crippen molar-refractivity contribution in [2.45, 2.75) is 6.92 Å². The fraction of sp³-hybridized carbons (Fsp3) is 0.0244. The van der Waals surface area contributed by atoms with E-state index in [-0.39, 0.29) is 0 Å². The fourth-order valence-corrected chi connectivity index (χ4v) is 6.58. The van der Waals surface area contributed by atoms with E-state index < -0.39 is 0 Å². The topological polar surface area (TPSA) is 20.7 Å². The summed E-state index contributed by atoms with van der Waals surface area (Å²) >= 11 is 0. The monoisotopic (exact) mass is 550 g/mol. The van der Waals surface area contributed by atoms with Crippen molar-refractivity contribution >= 4 is 65.7 Å². The minimum Gasteiger partial charge on any atom is -0.355 e. The lowest BCUT2D eigenvalue weighted by Crippen LogP contribution is -1.96. The minimum atomic E-state index is 1.09. The van der Waals surface area contributed by atoms with Gasteiger partial charge in [0.1, 0.15) is 0 Å². The van der Waals surface area contributed by atoms with Crippen molar-refractivity contribution in [3.63, 3.8) is 0 Å². The van der Waals surface area contributed by atoms with Gasteiger partial charge in [0.2, 0.25) is 0 Å². The van der Waals surface area contributed by atoms with Gasteiger partial charge >= 0.3 is 0 Å². The van der Waals surface area contributed by atoms with Gasteiger partial charge in [-0.05, 0) is 71.0 Å². The zero-order valence-corrected chi connectivity index (χ0v) is 24.0. The molecule has 0 spiro atoms. The van der Waals surface area contributed by atoms with Crippen molar-refractivity contribution in [2.24, 2.45) is 0 Å². The predicted molar refractivity (Wildman–Crippen MR) is 186 cm³/mol. The second kappa shape index (κ2) is 10.0. The highest BCUT2D eigenvalue weighted by molar-refractivity contribution is 6.20. The van der Waals surface area contributed by atoms with Crippen LogP contribution in [0, 0.1) is 0 Å². The molecule has 1 N–H and O–H groups in total. The molecule has 0 amide bonds. The van der Waals surface area contributed by atoms with Crippen LogP contribution < -0.4 is 0 Å². The molecule has 0 aliphatic carbocycles. The van der Waals surface area contributed by atoms with E-state index in [2.05, 4.69) is 157 Å². The van der Waals surface area contributed by atoms with Crippen LogP contribution in [-0.4, -0.2) is 9.55 Å². The number of hydrogen-bond acceptors (Lipinski definition) is 0. The van der Waals surface area contributed by atoms with E-state index in [0.717, 1.165) is 22.4 Å². The third-order valence-corrected chi connectivity index (χ3v) is 8.68. The summed E-state index contributed by atoms with van der Waals surface area (Å²) in [6.45, 7) is 6.27. The number of aromatic nitrogens is 2. The number of hydrogen-bond donors (Lipinski definition) is 1. The first-order valence-corrected chi connectivity index (χ1v) is 14.8. The Morgan fingerprint density at radius 3 is 2.14 bits per heavy atom. The van der Waals surface area contributed by atoms with Crippen molar-refractivity contribution in [1.29, 1.82) is 0 Å². The molecule has 2 aromatic heterocycles. The van der Waals surface area contributed by atoms with Gasteiger partial charge in [-0.15, -0.1) is 0 Å². The largest absolute Gasteiger partial charge is 0.355 e. The van der Waals surface area contributed by atoms with Crippen LogP contribution >= 0.6 is 0 Å². The molecule has 0 aliphatic rings. The Morgan fingerprint density at radius 2 is 1.33 bits per heavy atom. The van der Waals surface area contributed by atoms with Gasteiger partial charge in [0.25, 0.3) is 0 Å². The highest BCUT2D eigenvalue weighted by Gasteiger charge is 2.17. The lowest BCUT2D eigenvalue weighted by molar-refractivity contribution is 1.24. The molecule has 0 fully saturated rings. The number of rotatable bonds is 5. The number of H-pyrrole nitrogens is 1. The number of nitrogens with one attached hydrogen (secondary N) is 1. The first-order chi connectivity index (χ1) is 21.2. The number of para-hydroxylation sites is 1. The fourth-order valence-electron chi connectivity index (χ4n) is 6.58. The van der Waals surface area contributed by atoms with E-state index in [4.69, 9.17) is 0 Å². The van der Waals surface area contributed by atoms with E-state index >= 15 is 0 Å². The average molecular weight is 551 g/mol. The van der Waals surface area contributed by atoms with Gasteiger partial charge in [-0.25, -0.2) is 0 Å². The molecule has 0 saturated carbocycles. The predicted octanol–water partition coefficient (Wildman–Crippen LogP) is 11.4. The minimum absolute atomic E-state index is 1.09. The van der Waals surface area contributed by atoms with Crippen LogP contribution in [0.1, 0.15) is 12.5 Å². The van der Waals surface area contributed by atoms with E-state index in [1.807, 2.05) is 12.1 Å². The Hall–Kier alpha value is -5.60. The molecule has 0 aliphatic heterocycles. The number of benzene rings is 6. The molecule has 2 heterocycles. The van der Waals surface area contributed by atoms with Crippen molar-refractivity contribution in [3.8, 4) is 11.1 Å². The van der Waals surface area contributed by atoms with Crippen LogP contribution in [0.25, 0.3) is 76.8 Å². The van der Waals surface area contributed by atoms with E-state index in [1.165, 1.54) is 60.0 Å². The third kappa shape index (κ3) is 4.03. The summed E-state index contributed by atoms with van der Waals surface area (Å²) in [5.41, 5.74) is 10.5. The summed E-state index contributed by atoms with van der Waals surface area (Å²) in [6, 6.07) is 45.9. The van der Waals surface area contributed by atoms with Crippen LogP contribution in [0.2, 0.25) is 0 Å². The van der Waals surface area contributed by atoms with Gasteiger partial charge in [-0.3, -0.25) is 0 Å². The summed E-state index contributed by atoms with van der Waals surface area (Å²) in [6.07, 6.45) is 6.40. The molecule has 6 aromatic carbocycles. The molecule has 204 valence electrons. The zero-order chi connectivity index (χ0) is 28.9. The summed E-state index contributed by atoms with van der Waals surface area (Å²) < 4.78 is 2.42. The second-order valence-corrected chi connectivity index (χ2v) is 11.1. The van der Waals surface area contributed by atoms with Gasteiger partial charge in [0.05, 0.1) is 11.0 Å². The van der Waals surface area contributed by atoms with E-state index in [9.17, 15) is 0 Å². The zero-order valence-electron chi connectivity index (χ0n) is 24.0. The molecule has 43 heavy (non-hydrogen) atoms. The second-order valence-electron chi connectivity index (χ2n) is 11.1. The molecule has 8 aromatic rings. The van der Waals surface area contributed by atoms with Gasteiger partial charge in [-0.2, -0.15) is 0 Å². The Labute approximate surface area is 250 Å². The maximum atomic E-state index is 4.16. The third-order valence-electron chi connectivity index (χ3n) is 8.68. The summed E-state index contributed by atoms with van der Waals surface area (Å²) in [7, 11) is 0.